The molecule has 0 bridgehead atoms. The van der Waals surface area contributed by atoms with E-state index >= 15 is 0 Å². The second kappa shape index (κ2) is 6.58. The zero-order valence-electron chi connectivity index (χ0n) is 16.8. The van der Waals surface area contributed by atoms with Crippen molar-refractivity contribution in [3.05, 3.63) is 47.5 Å². The van der Waals surface area contributed by atoms with Crippen LogP contribution in [0.2, 0.25) is 0 Å². The lowest BCUT2D eigenvalue weighted by Crippen LogP contribution is -2.23. The molecule has 0 radical (unpaired) electrons. The number of aromatic amines is 1. The number of aryl methyl sites for hydroxylation is 1. The lowest BCUT2D eigenvalue weighted by Gasteiger charge is -2.12. The molecule has 6 rings (SSSR count). The van der Waals surface area contributed by atoms with Crippen LogP contribution in [0, 0.1) is 0 Å². The molecule has 2 aliphatic rings. The highest BCUT2D eigenvalue weighted by molar-refractivity contribution is 5.90. The number of anilines is 1. The molecule has 9 heteroatoms. The highest BCUT2D eigenvalue weighted by Gasteiger charge is 2.25. The number of aromatic hydroxyl groups is 1. The van der Waals surface area contributed by atoms with Crippen molar-refractivity contribution in [2.45, 2.75) is 13.1 Å². The molecular formula is C22H20N6O3. The van der Waals surface area contributed by atoms with E-state index in [1.807, 2.05) is 24.3 Å². The molecule has 0 aliphatic carbocycles. The summed E-state index contributed by atoms with van der Waals surface area (Å²) in [6.45, 7) is 2.62. The van der Waals surface area contributed by atoms with Crippen LogP contribution in [0.5, 0.6) is 5.75 Å². The third kappa shape index (κ3) is 2.77. The maximum Gasteiger partial charge on any atom is 0.414 e. The topological polar surface area (TPSA) is 108 Å². The van der Waals surface area contributed by atoms with Crippen LogP contribution in [0.1, 0.15) is 11.1 Å². The normalized spacial score (nSPS) is 15.6. The van der Waals surface area contributed by atoms with Crippen molar-refractivity contribution in [1.82, 2.24) is 25.1 Å². The molecule has 4 aromatic rings. The number of H-pyrrole nitrogens is 1. The van der Waals surface area contributed by atoms with E-state index in [1.165, 1.54) is 11.1 Å². The van der Waals surface area contributed by atoms with Crippen molar-refractivity contribution < 1.29 is 14.6 Å². The molecule has 0 atom stereocenters. The average Bonchev–Trinajstić information content (AvgIpc) is 3.53. The minimum Gasteiger partial charge on any atom is -0.504 e. The summed E-state index contributed by atoms with van der Waals surface area (Å²) in [7, 11) is 1.78. The number of benzene rings is 2. The van der Waals surface area contributed by atoms with Gasteiger partial charge < -0.3 is 20.1 Å². The van der Waals surface area contributed by atoms with Crippen molar-refractivity contribution in [3.63, 3.8) is 0 Å². The summed E-state index contributed by atoms with van der Waals surface area (Å²) in [4.78, 5) is 21.4. The molecule has 2 aromatic carbocycles. The van der Waals surface area contributed by atoms with Gasteiger partial charge in [0.15, 0.2) is 11.6 Å². The van der Waals surface area contributed by atoms with E-state index < -0.39 is 0 Å². The molecule has 1 amide bonds. The first-order valence-corrected chi connectivity index (χ1v) is 10.1. The Bertz CT molecular complexity index is 1300. The minimum atomic E-state index is -0.345. The van der Waals surface area contributed by atoms with E-state index in [4.69, 9.17) is 9.72 Å². The van der Waals surface area contributed by atoms with Crippen LogP contribution in [0.15, 0.2) is 36.4 Å². The van der Waals surface area contributed by atoms with Crippen LogP contribution >= 0.6 is 0 Å². The predicted molar refractivity (Wildman–Crippen MR) is 115 cm³/mol. The number of carbonyl (C=O) groups excluding carboxylic acids is 1. The third-order valence-corrected chi connectivity index (χ3v) is 5.89. The first kappa shape index (κ1) is 18.0. The summed E-state index contributed by atoms with van der Waals surface area (Å²) in [5.41, 5.74) is 6.79. The van der Waals surface area contributed by atoms with E-state index in [0.717, 1.165) is 35.4 Å². The Morgan fingerprint density at radius 1 is 1.13 bits per heavy atom. The Labute approximate surface area is 177 Å². The number of imidazole rings is 1. The zero-order valence-corrected chi connectivity index (χ0v) is 16.8. The van der Waals surface area contributed by atoms with E-state index in [2.05, 4.69) is 27.5 Å². The van der Waals surface area contributed by atoms with Gasteiger partial charge in [-0.15, -0.1) is 0 Å². The fraction of sp³-hybridized carbons (Fsp3) is 0.227. The molecule has 9 nitrogen and oxygen atoms in total. The van der Waals surface area contributed by atoms with Gasteiger partial charge in [-0.1, -0.05) is 12.1 Å². The van der Waals surface area contributed by atoms with Gasteiger partial charge in [0.1, 0.15) is 18.0 Å². The summed E-state index contributed by atoms with van der Waals surface area (Å²) in [5.74, 6) is 0.630. The first-order chi connectivity index (χ1) is 15.1. The van der Waals surface area contributed by atoms with Crippen molar-refractivity contribution in [2.75, 3.05) is 18.1 Å². The summed E-state index contributed by atoms with van der Waals surface area (Å²) in [5, 5.41) is 18.9. The van der Waals surface area contributed by atoms with Gasteiger partial charge in [0.2, 0.25) is 0 Å². The summed E-state index contributed by atoms with van der Waals surface area (Å²) in [6.07, 6.45) is -0.345. The monoisotopic (exact) mass is 416 g/mol. The molecule has 0 spiro atoms. The van der Waals surface area contributed by atoms with E-state index in [0.29, 0.717) is 30.4 Å². The van der Waals surface area contributed by atoms with Gasteiger partial charge in [0.25, 0.3) is 0 Å². The molecular weight excluding hydrogens is 396 g/mol. The number of hydrogen-bond donors (Lipinski definition) is 3. The largest absolute Gasteiger partial charge is 0.504 e. The molecule has 0 unspecified atom stereocenters. The number of aromatic nitrogens is 4. The van der Waals surface area contributed by atoms with E-state index in [-0.39, 0.29) is 11.8 Å². The molecule has 1 fully saturated rings. The van der Waals surface area contributed by atoms with Crippen LogP contribution in [-0.2, 0) is 24.9 Å². The van der Waals surface area contributed by atoms with Crippen LogP contribution in [0.4, 0.5) is 10.5 Å². The number of hydrogen-bond acceptors (Lipinski definition) is 6. The smallest absolute Gasteiger partial charge is 0.414 e. The summed E-state index contributed by atoms with van der Waals surface area (Å²) in [6, 6.07) is 11.5. The second-order valence-corrected chi connectivity index (χ2v) is 7.81. The summed E-state index contributed by atoms with van der Waals surface area (Å²) >= 11 is 0. The maximum atomic E-state index is 11.8. The molecule has 1 saturated heterocycles. The minimum absolute atomic E-state index is 0.0593. The van der Waals surface area contributed by atoms with Crippen molar-refractivity contribution in [3.8, 4) is 28.5 Å². The Hall–Kier alpha value is -3.85. The maximum absolute atomic E-state index is 11.8. The Balaban J connectivity index is 1.37. The van der Waals surface area contributed by atoms with Gasteiger partial charge >= 0.3 is 6.09 Å². The third-order valence-electron chi connectivity index (χ3n) is 5.89. The number of amides is 1. The number of rotatable bonds is 3. The lowest BCUT2D eigenvalue weighted by atomic mass is 10.1. The summed E-state index contributed by atoms with van der Waals surface area (Å²) < 4.78 is 6.62. The highest BCUT2D eigenvalue weighted by atomic mass is 16.6. The van der Waals surface area contributed by atoms with Gasteiger partial charge in [-0.3, -0.25) is 9.58 Å². The molecule has 3 N–H and O–H groups in total. The SMILES string of the molecule is Cn1nc(-c2ccc(N3CCOC3=O)cc2)c(O)c1-c1nc2cc3c(cc2[nH]1)CNC3. The van der Waals surface area contributed by atoms with Crippen LogP contribution < -0.4 is 10.2 Å². The number of cyclic esters (lactones) is 1. The van der Waals surface area contributed by atoms with Gasteiger partial charge in [-0.05, 0) is 35.4 Å². The predicted octanol–water partition coefficient (Wildman–Crippen LogP) is 2.90. The number of carbonyl (C=O) groups is 1. The molecule has 31 heavy (non-hydrogen) atoms. The van der Waals surface area contributed by atoms with Gasteiger partial charge in [-0.2, -0.15) is 5.10 Å². The van der Waals surface area contributed by atoms with Crippen molar-refractivity contribution in [2.24, 2.45) is 7.05 Å². The second-order valence-electron chi connectivity index (χ2n) is 7.81. The Kier molecular flexibility index (Phi) is 3.81. The van der Waals surface area contributed by atoms with E-state index in [9.17, 15) is 9.90 Å². The van der Waals surface area contributed by atoms with Crippen LogP contribution in [0.25, 0.3) is 33.8 Å². The number of ether oxygens (including phenoxy) is 1. The number of nitrogens with one attached hydrogen (secondary N) is 2. The lowest BCUT2D eigenvalue weighted by molar-refractivity contribution is 0.181. The van der Waals surface area contributed by atoms with Crippen LogP contribution in [-0.4, -0.2) is 44.1 Å². The Morgan fingerprint density at radius 2 is 1.90 bits per heavy atom. The van der Waals surface area contributed by atoms with Gasteiger partial charge in [0.05, 0.1) is 17.6 Å². The van der Waals surface area contributed by atoms with E-state index in [1.54, 1.807) is 16.6 Å². The quantitative estimate of drug-likeness (QED) is 0.474. The molecule has 2 aromatic heterocycles. The fourth-order valence-corrected chi connectivity index (χ4v) is 4.32. The first-order valence-electron chi connectivity index (χ1n) is 10.1. The molecule has 2 aliphatic heterocycles. The average molecular weight is 416 g/mol. The van der Waals surface area contributed by atoms with Crippen molar-refractivity contribution in [1.29, 1.82) is 0 Å². The highest BCUT2D eigenvalue weighted by Crippen LogP contribution is 2.38. The zero-order chi connectivity index (χ0) is 21.1. The molecule has 156 valence electrons. The number of nitrogens with zero attached hydrogens (tertiary/aromatic N) is 4. The number of fused-ring (bicyclic) bond motifs is 2. The van der Waals surface area contributed by atoms with Crippen molar-refractivity contribution >= 4 is 22.8 Å². The standard InChI is InChI=1S/C22H20N6O3/c1-27-19(21-24-16-8-13-10-23-11-14(13)9-17(16)25-21)20(29)18(26-27)12-2-4-15(5-3-12)28-6-7-31-22(28)30/h2-5,8-9,23,29H,6-7,10-11H2,1H3,(H,24,25). The molecule has 4 heterocycles. The van der Waals surface area contributed by atoms with Gasteiger partial charge in [-0.25, -0.2) is 9.78 Å². The Morgan fingerprint density at radius 3 is 2.65 bits per heavy atom. The molecule has 0 saturated carbocycles. The fourth-order valence-electron chi connectivity index (χ4n) is 4.32. The van der Waals surface area contributed by atoms with Crippen LogP contribution in [0.3, 0.4) is 0 Å². The van der Waals surface area contributed by atoms with Gasteiger partial charge in [0, 0.05) is 31.4 Å².